The molecule has 1 saturated heterocycles. The maximum absolute atomic E-state index is 15.1. The summed E-state index contributed by atoms with van der Waals surface area (Å²) in [7, 11) is -3.85. The van der Waals surface area contributed by atoms with E-state index < -0.39 is 38.3 Å². The van der Waals surface area contributed by atoms with Crippen LogP contribution >= 0.6 is 0 Å². The number of hydrogen-bond donors (Lipinski definition) is 3. The van der Waals surface area contributed by atoms with Gasteiger partial charge in [0.25, 0.3) is 0 Å². The van der Waals surface area contributed by atoms with Crippen LogP contribution in [-0.2, 0) is 10.0 Å². The highest BCUT2D eigenvalue weighted by Crippen LogP contribution is 2.30. The molecule has 1 aromatic heterocycles. The average Bonchev–Trinajstić information content (AvgIpc) is 2.80. The minimum Gasteiger partial charge on any atom is -0.397 e. The Labute approximate surface area is 213 Å². The van der Waals surface area contributed by atoms with Crippen LogP contribution in [-0.4, -0.2) is 55.3 Å². The van der Waals surface area contributed by atoms with E-state index in [1.165, 1.54) is 26.2 Å². The van der Waals surface area contributed by atoms with E-state index in [-0.39, 0.29) is 12.7 Å². The van der Waals surface area contributed by atoms with Crippen LogP contribution in [0.15, 0.2) is 36.8 Å². The van der Waals surface area contributed by atoms with Crippen LogP contribution in [0.4, 0.5) is 25.8 Å². The smallest absolute Gasteiger partial charge is 0.235 e. The Morgan fingerprint density at radius 1 is 1.19 bits per heavy atom. The lowest BCUT2D eigenvalue weighted by Gasteiger charge is -2.43. The summed E-state index contributed by atoms with van der Waals surface area (Å²) in [5, 5.41) is -0.117. The predicted octanol–water partition coefficient (Wildman–Crippen LogP) is 3.31. The highest BCUT2D eigenvalue weighted by Gasteiger charge is 2.26. The molecule has 200 valence electrons. The lowest BCUT2D eigenvalue weighted by molar-refractivity contribution is 0.128. The first-order valence-corrected chi connectivity index (χ1v) is 13.2. The number of benzene rings is 1. The fraction of sp³-hybridized carbons (Fsp3) is 0.458. The van der Waals surface area contributed by atoms with Crippen LogP contribution in [0.5, 0.6) is 0 Å². The Hall–Kier alpha value is -2.96. The number of hydrogen-bond acceptors (Lipinski definition) is 8. The Kier molecular flexibility index (Phi) is 8.11. The number of pyridine rings is 1. The monoisotopic (exact) mass is 525 g/mol. The molecule has 1 aliphatic rings. The molecule has 12 heteroatoms. The van der Waals surface area contributed by atoms with Crippen molar-refractivity contribution in [2.45, 2.75) is 45.4 Å². The van der Waals surface area contributed by atoms with Crippen molar-refractivity contribution in [3.8, 4) is 0 Å². The maximum Gasteiger partial charge on any atom is 0.235 e. The number of hydrazine groups is 1. The van der Waals surface area contributed by atoms with E-state index in [2.05, 4.69) is 40.3 Å². The molecule has 0 spiro atoms. The van der Waals surface area contributed by atoms with Gasteiger partial charge in [-0.2, -0.15) is 0 Å². The molecule has 1 aliphatic heterocycles. The second-order valence-corrected chi connectivity index (χ2v) is 12.3. The standard InChI is InChI=1S/C24H35F2N7O2S.H2/c1-16(2)36(34,35)30-21-7-6-19(25)23(22(21)26)33(28)15-20(27)17-12-18(14-29-13-17)31-8-10-32(11-9-31)24(3,4)5;/h6-7,12-16,30H,8-11,27-28H2,1-5H3;1H/b20-15-;. The third-order valence-electron chi connectivity index (χ3n) is 6.13. The van der Waals surface area contributed by atoms with Gasteiger partial charge in [-0.15, -0.1) is 0 Å². The van der Waals surface area contributed by atoms with E-state index >= 15 is 4.39 Å². The minimum atomic E-state index is -3.85. The molecule has 9 nitrogen and oxygen atoms in total. The first kappa shape index (κ1) is 27.6. The summed E-state index contributed by atoms with van der Waals surface area (Å²) >= 11 is 0. The van der Waals surface area contributed by atoms with Crippen LogP contribution in [0.3, 0.4) is 0 Å². The van der Waals surface area contributed by atoms with Gasteiger partial charge >= 0.3 is 0 Å². The molecule has 0 radical (unpaired) electrons. The second-order valence-electron chi connectivity index (χ2n) is 10.0. The van der Waals surface area contributed by atoms with Crippen molar-refractivity contribution in [3.05, 3.63) is 54.0 Å². The zero-order valence-electron chi connectivity index (χ0n) is 21.3. The number of piperazine rings is 1. The molecule has 36 heavy (non-hydrogen) atoms. The van der Waals surface area contributed by atoms with Crippen LogP contribution in [0, 0.1) is 11.6 Å². The zero-order chi connectivity index (χ0) is 26.8. The molecular formula is C24H37F2N7O2S. The number of rotatable bonds is 7. The number of aromatic nitrogens is 1. The van der Waals surface area contributed by atoms with E-state index in [0.717, 1.165) is 44.0 Å². The molecule has 0 saturated carbocycles. The molecule has 2 heterocycles. The van der Waals surface area contributed by atoms with Crippen molar-refractivity contribution < 1.29 is 18.6 Å². The highest BCUT2D eigenvalue weighted by molar-refractivity contribution is 7.93. The van der Waals surface area contributed by atoms with Gasteiger partial charge in [-0.1, -0.05) is 0 Å². The molecule has 1 fully saturated rings. The molecule has 0 aliphatic carbocycles. The van der Waals surface area contributed by atoms with Crippen LogP contribution < -0.4 is 26.2 Å². The summed E-state index contributed by atoms with van der Waals surface area (Å²) in [4.78, 5) is 8.90. The average molecular weight is 526 g/mol. The summed E-state index contributed by atoms with van der Waals surface area (Å²) in [5.41, 5.74) is 6.78. The van der Waals surface area contributed by atoms with E-state index in [1.807, 2.05) is 6.07 Å². The number of nitrogens with two attached hydrogens (primary N) is 2. The number of nitrogens with one attached hydrogen (secondary N) is 1. The van der Waals surface area contributed by atoms with Crippen molar-refractivity contribution in [1.82, 2.24) is 9.88 Å². The summed E-state index contributed by atoms with van der Waals surface area (Å²) in [6, 6.07) is 3.78. The summed E-state index contributed by atoms with van der Waals surface area (Å²) in [6.07, 6.45) is 4.45. The van der Waals surface area contributed by atoms with E-state index in [0.29, 0.717) is 10.6 Å². The Morgan fingerprint density at radius 2 is 1.83 bits per heavy atom. The largest absolute Gasteiger partial charge is 0.397 e. The molecular weight excluding hydrogens is 488 g/mol. The Balaban J connectivity index is 0.00000481. The predicted molar refractivity (Wildman–Crippen MR) is 143 cm³/mol. The molecule has 0 unspecified atom stereocenters. The molecule has 2 aromatic rings. The Bertz CT molecular complexity index is 1230. The molecule has 1 aromatic carbocycles. The quantitative estimate of drug-likeness (QED) is 0.372. The third kappa shape index (κ3) is 6.23. The fourth-order valence-corrected chi connectivity index (χ4v) is 4.51. The van der Waals surface area contributed by atoms with Crippen molar-refractivity contribution in [2.75, 3.05) is 40.8 Å². The first-order valence-electron chi connectivity index (χ1n) is 11.7. The fourth-order valence-electron chi connectivity index (χ4n) is 3.81. The van der Waals surface area contributed by atoms with Gasteiger partial charge < -0.3 is 10.6 Å². The molecule has 0 atom stereocenters. The van der Waals surface area contributed by atoms with Gasteiger partial charge in [0, 0.05) is 51.1 Å². The SMILES string of the molecule is CC(C)S(=O)(=O)Nc1ccc(F)c(N(N)/C=C(\N)c2cncc(N3CCN(C(C)(C)C)CC3)c2)c1F.[HH]. The van der Waals surface area contributed by atoms with Gasteiger partial charge in [0.05, 0.1) is 28.5 Å². The second kappa shape index (κ2) is 10.6. The van der Waals surface area contributed by atoms with Crippen LogP contribution in [0.1, 0.15) is 41.6 Å². The number of sulfonamides is 1. The van der Waals surface area contributed by atoms with E-state index in [1.54, 1.807) is 6.20 Å². The van der Waals surface area contributed by atoms with Gasteiger partial charge in [0.15, 0.2) is 11.6 Å². The first-order chi connectivity index (χ1) is 16.7. The number of nitrogens with zero attached hydrogens (tertiary/aromatic N) is 4. The van der Waals surface area contributed by atoms with Crippen LogP contribution in [0.2, 0.25) is 0 Å². The molecule has 3 rings (SSSR count). The lowest BCUT2D eigenvalue weighted by atomic mass is 10.0. The molecule has 0 bridgehead atoms. The van der Waals surface area contributed by atoms with Gasteiger partial charge in [-0.05, 0) is 52.8 Å². The van der Waals surface area contributed by atoms with Gasteiger partial charge in [-0.3, -0.25) is 19.6 Å². The number of anilines is 3. The minimum absolute atomic E-state index is 0. The van der Waals surface area contributed by atoms with Crippen molar-refractivity contribution in [1.29, 1.82) is 0 Å². The molecule has 0 amide bonds. The zero-order valence-corrected chi connectivity index (χ0v) is 22.1. The van der Waals surface area contributed by atoms with Gasteiger partial charge in [0.2, 0.25) is 10.0 Å². The summed E-state index contributed by atoms with van der Waals surface area (Å²) < 4.78 is 56.0. The van der Waals surface area contributed by atoms with E-state index in [4.69, 9.17) is 11.6 Å². The number of halogens is 2. The van der Waals surface area contributed by atoms with Crippen LogP contribution in [0.25, 0.3) is 5.70 Å². The Morgan fingerprint density at radius 3 is 2.42 bits per heavy atom. The maximum atomic E-state index is 15.1. The third-order valence-corrected chi connectivity index (χ3v) is 7.87. The van der Waals surface area contributed by atoms with Crippen molar-refractivity contribution in [3.63, 3.8) is 0 Å². The highest BCUT2D eigenvalue weighted by atomic mass is 32.2. The van der Waals surface area contributed by atoms with Gasteiger partial charge in [0.1, 0.15) is 5.69 Å². The van der Waals surface area contributed by atoms with Crippen molar-refractivity contribution >= 4 is 32.8 Å². The van der Waals surface area contributed by atoms with Gasteiger partial charge in [-0.25, -0.2) is 23.0 Å². The van der Waals surface area contributed by atoms with Crippen molar-refractivity contribution in [2.24, 2.45) is 11.6 Å². The summed E-state index contributed by atoms with van der Waals surface area (Å²) in [6.45, 7) is 12.9. The van der Waals surface area contributed by atoms with E-state index in [9.17, 15) is 12.8 Å². The lowest BCUT2D eigenvalue weighted by Crippen LogP contribution is -2.53. The topological polar surface area (TPSA) is 121 Å². The summed E-state index contributed by atoms with van der Waals surface area (Å²) in [5.74, 6) is 3.81. The normalized spacial score (nSPS) is 15.9. The molecule has 5 N–H and O–H groups in total.